The molecule has 1 unspecified atom stereocenters. The highest BCUT2D eigenvalue weighted by molar-refractivity contribution is 6.35. The van der Waals surface area contributed by atoms with Gasteiger partial charge in [0.2, 0.25) is 0 Å². The van der Waals surface area contributed by atoms with E-state index in [0.29, 0.717) is 21.4 Å². The summed E-state index contributed by atoms with van der Waals surface area (Å²) in [4.78, 5) is 19.3. The lowest BCUT2D eigenvalue weighted by molar-refractivity contribution is -0.132. The molecule has 0 amide bonds. The van der Waals surface area contributed by atoms with Crippen molar-refractivity contribution in [1.29, 1.82) is 0 Å². The van der Waals surface area contributed by atoms with Crippen molar-refractivity contribution in [3.8, 4) is 11.1 Å². The fourth-order valence-corrected chi connectivity index (χ4v) is 3.36. The normalized spacial score (nSPS) is 19.6. The van der Waals surface area contributed by atoms with Gasteiger partial charge in [-0.15, -0.1) is 0 Å². The molecule has 0 saturated carbocycles. The zero-order valence-electron chi connectivity index (χ0n) is 13.8. The number of hydrogen-bond donors (Lipinski definition) is 1. The number of nitrogens with zero attached hydrogens (tertiary/aromatic N) is 1. The van der Waals surface area contributed by atoms with Crippen LogP contribution in [0.3, 0.4) is 0 Å². The largest absolute Gasteiger partial charge is 0.371 e. The molecule has 0 saturated heterocycles. The first-order valence-electron chi connectivity index (χ1n) is 7.69. The molecule has 0 aliphatic carbocycles. The molecule has 1 aliphatic heterocycles. The van der Waals surface area contributed by atoms with Crippen LogP contribution in [0.1, 0.15) is 12.5 Å². The second-order valence-corrected chi connectivity index (χ2v) is 6.87. The molecule has 0 bridgehead atoms. The summed E-state index contributed by atoms with van der Waals surface area (Å²) in [6.07, 6.45) is 0. The van der Waals surface area contributed by atoms with Gasteiger partial charge in [0.15, 0.2) is 5.84 Å². The predicted molar refractivity (Wildman–Crippen MR) is 97.7 cm³/mol. The Balaban J connectivity index is 2.03. The van der Waals surface area contributed by atoms with E-state index in [1.807, 2.05) is 0 Å². The minimum atomic E-state index is -0.991. The summed E-state index contributed by atoms with van der Waals surface area (Å²) >= 11 is 12.1. The summed E-state index contributed by atoms with van der Waals surface area (Å²) in [7, 11) is 0. The molecular formula is C18H15Cl2FN2O3. The molecule has 0 aromatic heterocycles. The molecule has 0 fully saturated rings. The Morgan fingerprint density at radius 3 is 2.65 bits per heavy atom. The summed E-state index contributed by atoms with van der Waals surface area (Å²) in [6.45, 7) is 2.28. The Morgan fingerprint density at radius 2 is 1.96 bits per heavy atom. The number of hydrogen-bond acceptors (Lipinski definition) is 5. The van der Waals surface area contributed by atoms with Crippen LogP contribution in [0.5, 0.6) is 0 Å². The topological polar surface area (TPSA) is 59.9 Å². The SMILES string of the molecule is CC1(c2cc(-c3cc(Cl)cc(Cl)c3)ccc2F)COCC(NOC=O)=N1. The van der Waals surface area contributed by atoms with E-state index in [2.05, 4.69) is 15.3 Å². The molecule has 1 N–H and O–H groups in total. The van der Waals surface area contributed by atoms with Gasteiger partial charge in [0.25, 0.3) is 0 Å². The van der Waals surface area contributed by atoms with Crippen LogP contribution in [0.15, 0.2) is 41.4 Å². The van der Waals surface area contributed by atoms with Crippen LogP contribution in [-0.4, -0.2) is 25.5 Å². The summed E-state index contributed by atoms with van der Waals surface area (Å²) in [5.41, 5.74) is 3.23. The minimum absolute atomic E-state index is 0.134. The van der Waals surface area contributed by atoms with E-state index in [0.717, 1.165) is 11.1 Å². The van der Waals surface area contributed by atoms with Crippen molar-refractivity contribution in [3.63, 3.8) is 0 Å². The van der Waals surface area contributed by atoms with Gasteiger partial charge in [-0.25, -0.2) is 9.87 Å². The second kappa shape index (κ2) is 7.61. The van der Waals surface area contributed by atoms with Gasteiger partial charge < -0.3 is 9.57 Å². The molecular weight excluding hydrogens is 382 g/mol. The number of benzene rings is 2. The Morgan fingerprint density at radius 1 is 1.23 bits per heavy atom. The summed E-state index contributed by atoms with van der Waals surface area (Å²) in [5.74, 6) is -0.129. The van der Waals surface area contributed by atoms with Gasteiger partial charge in [-0.2, -0.15) is 0 Å². The van der Waals surface area contributed by atoms with E-state index in [9.17, 15) is 9.18 Å². The first-order chi connectivity index (χ1) is 12.4. The first kappa shape index (κ1) is 18.6. The molecule has 0 spiro atoms. The number of carbonyl (C=O) groups is 1. The average Bonchev–Trinajstić information content (AvgIpc) is 2.59. The number of rotatable bonds is 4. The van der Waals surface area contributed by atoms with Crippen LogP contribution >= 0.6 is 23.2 Å². The highest BCUT2D eigenvalue weighted by Gasteiger charge is 2.33. The number of hydroxylamine groups is 1. The summed E-state index contributed by atoms with van der Waals surface area (Å²) in [6, 6.07) is 9.82. The van der Waals surface area contributed by atoms with Gasteiger partial charge in [-0.05, 0) is 48.4 Å². The average molecular weight is 397 g/mol. The lowest BCUT2D eigenvalue weighted by Crippen LogP contribution is -2.40. The lowest BCUT2D eigenvalue weighted by Gasteiger charge is -2.31. The maximum absolute atomic E-state index is 14.6. The van der Waals surface area contributed by atoms with Crippen LogP contribution in [0.25, 0.3) is 11.1 Å². The van der Waals surface area contributed by atoms with Crippen LogP contribution in [0.2, 0.25) is 10.0 Å². The molecule has 0 radical (unpaired) electrons. The van der Waals surface area contributed by atoms with Gasteiger partial charge in [0.1, 0.15) is 18.0 Å². The van der Waals surface area contributed by atoms with E-state index < -0.39 is 11.4 Å². The van der Waals surface area contributed by atoms with Crippen LogP contribution in [0, 0.1) is 5.82 Å². The monoisotopic (exact) mass is 396 g/mol. The molecule has 26 heavy (non-hydrogen) atoms. The van der Waals surface area contributed by atoms with Crippen molar-refractivity contribution in [2.75, 3.05) is 13.2 Å². The molecule has 8 heteroatoms. The van der Waals surface area contributed by atoms with Crippen molar-refractivity contribution in [2.45, 2.75) is 12.5 Å². The lowest BCUT2D eigenvalue weighted by atomic mass is 9.89. The van der Waals surface area contributed by atoms with E-state index >= 15 is 0 Å². The number of nitrogens with one attached hydrogen (secondary N) is 1. The smallest absolute Gasteiger partial charge is 0.320 e. The van der Waals surface area contributed by atoms with Crippen molar-refractivity contribution in [1.82, 2.24) is 5.48 Å². The predicted octanol–water partition coefficient (Wildman–Crippen LogP) is 4.12. The molecule has 2 aromatic rings. The Hall–Kier alpha value is -2.15. The van der Waals surface area contributed by atoms with E-state index in [-0.39, 0.29) is 19.7 Å². The van der Waals surface area contributed by atoms with Gasteiger partial charge >= 0.3 is 6.47 Å². The third kappa shape index (κ3) is 3.98. The number of halogens is 3. The maximum atomic E-state index is 14.6. The molecule has 2 aromatic carbocycles. The molecule has 1 aliphatic rings. The zero-order valence-corrected chi connectivity index (χ0v) is 15.3. The van der Waals surface area contributed by atoms with E-state index in [4.69, 9.17) is 27.9 Å². The first-order valence-corrected chi connectivity index (χ1v) is 8.45. The highest BCUT2D eigenvalue weighted by atomic mass is 35.5. The molecule has 1 atom stereocenters. The number of carbonyl (C=O) groups excluding carboxylic acids is 1. The molecule has 5 nitrogen and oxygen atoms in total. The fraction of sp³-hybridized carbons (Fsp3) is 0.222. The Labute approximate surface area is 159 Å². The number of amidine groups is 1. The fourth-order valence-electron chi connectivity index (χ4n) is 2.83. The van der Waals surface area contributed by atoms with Crippen LogP contribution in [0.4, 0.5) is 4.39 Å². The minimum Gasteiger partial charge on any atom is -0.371 e. The third-order valence-electron chi connectivity index (χ3n) is 3.97. The standard InChI is InChI=1S/C18H15Cl2FN2O3/c1-18(9-25-8-17(22-18)23-26-10-24)15-6-11(2-3-16(15)21)12-4-13(19)7-14(20)5-12/h2-7,10H,8-9H2,1H3,(H,22,23). The third-order valence-corrected chi connectivity index (χ3v) is 4.41. The number of aliphatic imine (C=N–C) groups is 1. The molecule has 3 rings (SSSR count). The van der Waals surface area contributed by atoms with Crippen molar-refractivity contribution < 1.29 is 18.8 Å². The van der Waals surface area contributed by atoms with Crippen LogP contribution < -0.4 is 5.48 Å². The quantitative estimate of drug-likeness (QED) is 0.623. The van der Waals surface area contributed by atoms with Crippen molar-refractivity contribution >= 4 is 35.5 Å². The Bertz CT molecular complexity index is 855. The van der Waals surface area contributed by atoms with E-state index in [1.165, 1.54) is 6.07 Å². The van der Waals surface area contributed by atoms with Gasteiger partial charge in [0, 0.05) is 15.6 Å². The maximum Gasteiger partial charge on any atom is 0.320 e. The summed E-state index contributed by atoms with van der Waals surface area (Å²) < 4.78 is 20.1. The van der Waals surface area contributed by atoms with Crippen molar-refractivity contribution in [2.24, 2.45) is 4.99 Å². The molecule has 1 heterocycles. The summed E-state index contributed by atoms with van der Waals surface area (Å²) in [5, 5.41) is 0.974. The van der Waals surface area contributed by atoms with Crippen molar-refractivity contribution in [3.05, 3.63) is 57.8 Å². The van der Waals surface area contributed by atoms with E-state index in [1.54, 1.807) is 37.3 Å². The molecule has 136 valence electrons. The van der Waals surface area contributed by atoms with Gasteiger partial charge in [0.05, 0.1) is 6.61 Å². The Kier molecular flexibility index (Phi) is 5.46. The zero-order chi connectivity index (χ0) is 18.7. The number of ether oxygens (including phenoxy) is 1. The van der Waals surface area contributed by atoms with Gasteiger partial charge in [-0.3, -0.25) is 9.79 Å². The highest BCUT2D eigenvalue weighted by Crippen LogP contribution is 2.35. The van der Waals surface area contributed by atoms with Crippen LogP contribution in [-0.2, 0) is 19.9 Å². The second-order valence-electron chi connectivity index (χ2n) is 5.99. The van der Waals surface area contributed by atoms with Gasteiger partial charge in [-0.1, -0.05) is 29.3 Å².